The van der Waals surface area contributed by atoms with Crippen molar-refractivity contribution >= 4 is 28.1 Å². The molecule has 0 saturated heterocycles. The molecule has 12 heteroatoms. The fraction of sp³-hybridized carbons (Fsp3) is 0.133. The van der Waals surface area contributed by atoms with Crippen LogP contribution in [-0.4, -0.2) is 53.0 Å². The van der Waals surface area contributed by atoms with E-state index in [1.54, 1.807) is 0 Å². The summed E-state index contributed by atoms with van der Waals surface area (Å²) >= 11 is 0. The molecule has 2 aromatic rings. The number of nitrogens with zero attached hydrogens (tertiary/aromatic N) is 1. The number of nitrogens with two attached hydrogens (primary N) is 2. The fourth-order valence-electron chi connectivity index (χ4n) is 2.26. The van der Waals surface area contributed by atoms with Gasteiger partial charge in [-0.1, -0.05) is 12.1 Å². The summed E-state index contributed by atoms with van der Waals surface area (Å²) in [4.78, 5) is 34.0. The van der Waals surface area contributed by atoms with Gasteiger partial charge in [0.2, 0.25) is 0 Å². The van der Waals surface area contributed by atoms with Crippen LogP contribution in [0.4, 0.5) is 0 Å². The van der Waals surface area contributed by atoms with Crippen LogP contribution in [0.3, 0.4) is 0 Å². The number of hydrogen-bond donors (Lipinski definition) is 5. The van der Waals surface area contributed by atoms with Crippen LogP contribution in [-0.2, 0) is 15.0 Å². The highest BCUT2D eigenvalue weighted by atomic mass is 32.2. The van der Waals surface area contributed by atoms with E-state index in [1.807, 2.05) is 0 Å². The van der Waals surface area contributed by atoms with Crippen molar-refractivity contribution in [3.05, 3.63) is 47.8 Å². The van der Waals surface area contributed by atoms with Gasteiger partial charge in [-0.05, 0) is 23.8 Å². The summed E-state index contributed by atoms with van der Waals surface area (Å²) < 4.78 is 23.4. The molecule has 0 radical (unpaired) electrons. The lowest BCUT2D eigenvalue weighted by Crippen LogP contribution is -2.42. The first-order valence-electron chi connectivity index (χ1n) is 7.37. The first kappa shape index (κ1) is 20.1. The molecule has 0 saturated carbocycles. The van der Waals surface area contributed by atoms with Crippen LogP contribution in [0.2, 0.25) is 0 Å². The van der Waals surface area contributed by atoms with Gasteiger partial charge in [0.1, 0.15) is 6.04 Å². The topological polar surface area (TPSA) is 195 Å². The third-order valence-electron chi connectivity index (χ3n) is 3.59. The fourth-order valence-corrected chi connectivity index (χ4v) is 2.92. The van der Waals surface area contributed by atoms with Gasteiger partial charge in [0, 0.05) is 23.9 Å². The number of rotatable bonds is 7. The lowest BCUT2D eigenvalue weighted by atomic mass is 10.0. The van der Waals surface area contributed by atoms with Crippen molar-refractivity contribution < 1.29 is 33.0 Å². The van der Waals surface area contributed by atoms with E-state index in [0.29, 0.717) is 9.54 Å². The number of nitrogens with one attached hydrogen (secondary N) is 1. The Bertz CT molecular complexity index is 996. The third-order valence-corrected chi connectivity index (χ3v) is 4.44. The number of carbonyl (C=O) groups is 3. The van der Waals surface area contributed by atoms with Gasteiger partial charge in [-0.15, -0.1) is 0 Å². The normalized spacial score (nSPS) is 12.4. The zero-order chi connectivity index (χ0) is 20.4. The molecule has 1 amide bonds. The van der Waals surface area contributed by atoms with Crippen LogP contribution in [0, 0.1) is 0 Å². The molecular weight excluding hydrogens is 380 g/mol. The minimum absolute atomic E-state index is 0.0939. The molecule has 144 valence electrons. The van der Waals surface area contributed by atoms with E-state index < -0.39 is 39.8 Å². The van der Waals surface area contributed by atoms with Crippen LogP contribution in [0.5, 0.6) is 0 Å². The number of carboxylic acids is 2. The summed E-state index contributed by atoms with van der Waals surface area (Å²) in [7, 11) is -4.30. The van der Waals surface area contributed by atoms with Crippen molar-refractivity contribution in [2.45, 2.75) is 6.04 Å². The molecule has 1 aromatic carbocycles. The Kier molecular flexibility index (Phi) is 5.64. The van der Waals surface area contributed by atoms with E-state index in [1.165, 1.54) is 30.3 Å². The summed E-state index contributed by atoms with van der Waals surface area (Å²) in [5.41, 5.74) is 5.37. The molecule has 11 nitrogen and oxygen atoms in total. The first-order chi connectivity index (χ1) is 12.5. The molecule has 2 rings (SSSR count). The molecule has 0 bridgehead atoms. The van der Waals surface area contributed by atoms with Gasteiger partial charge in [0.05, 0.1) is 0 Å². The minimum atomic E-state index is -4.30. The largest absolute Gasteiger partial charge is 0.480 e. The molecule has 0 fully saturated rings. The number of benzene rings is 1. The highest BCUT2D eigenvalue weighted by molar-refractivity contribution is 7.87. The molecule has 1 atom stereocenters. The maximum absolute atomic E-state index is 12.0. The SMILES string of the molecule is N[C@H](CNC(=O)c1ccc(-c2ccn(S(N)(=O)=O)c2C(=O)O)cc1)C(=O)O. The molecular formula is C15H16N4O7S. The minimum Gasteiger partial charge on any atom is -0.480 e. The average molecular weight is 396 g/mol. The quantitative estimate of drug-likeness (QED) is 0.395. The second-order valence-corrected chi connectivity index (χ2v) is 6.88. The van der Waals surface area contributed by atoms with Gasteiger partial charge in [-0.25, -0.2) is 13.9 Å². The molecule has 27 heavy (non-hydrogen) atoms. The van der Waals surface area contributed by atoms with Crippen molar-refractivity contribution in [1.29, 1.82) is 0 Å². The maximum Gasteiger partial charge on any atom is 0.354 e. The summed E-state index contributed by atoms with van der Waals surface area (Å²) in [6.45, 7) is -0.268. The number of aromatic nitrogens is 1. The second kappa shape index (κ2) is 7.57. The maximum atomic E-state index is 12.0. The molecule has 0 aliphatic carbocycles. The summed E-state index contributed by atoms with van der Waals surface area (Å²) in [6.07, 6.45) is 1.02. The molecule has 7 N–H and O–H groups in total. The predicted octanol–water partition coefficient (Wildman–Crippen LogP) is -0.953. The van der Waals surface area contributed by atoms with E-state index >= 15 is 0 Å². The highest BCUT2D eigenvalue weighted by Gasteiger charge is 2.23. The van der Waals surface area contributed by atoms with Gasteiger partial charge >= 0.3 is 22.1 Å². The van der Waals surface area contributed by atoms with E-state index in [-0.39, 0.29) is 17.7 Å². The standard InChI is InChI=1S/C15H16N4O7S/c16-11(14(21)22)7-18-13(20)9-3-1-8(2-4-9)10-5-6-19(27(17,25)26)12(10)15(23)24/h1-6,11H,7,16H2,(H,18,20)(H,21,22)(H,23,24)(H2,17,25,26)/t11-/m1/s1. The average Bonchev–Trinajstić information content (AvgIpc) is 3.05. The number of aromatic carboxylic acids is 1. The summed E-state index contributed by atoms with van der Waals surface area (Å²) in [6, 6.07) is 5.61. The van der Waals surface area contributed by atoms with Crippen LogP contribution in [0.1, 0.15) is 20.8 Å². The smallest absolute Gasteiger partial charge is 0.354 e. The number of carboxylic acid groups (broad SMARTS) is 2. The highest BCUT2D eigenvalue weighted by Crippen LogP contribution is 2.26. The van der Waals surface area contributed by atoms with E-state index in [4.69, 9.17) is 16.0 Å². The van der Waals surface area contributed by atoms with Gasteiger partial charge in [-0.3, -0.25) is 9.59 Å². The van der Waals surface area contributed by atoms with Crippen LogP contribution in [0.25, 0.3) is 11.1 Å². The van der Waals surface area contributed by atoms with Crippen molar-refractivity contribution in [3.63, 3.8) is 0 Å². The van der Waals surface area contributed by atoms with Gasteiger partial charge in [-0.2, -0.15) is 8.42 Å². The van der Waals surface area contributed by atoms with Gasteiger partial charge in [0.15, 0.2) is 5.69 Å². The predicted molar refractivity (Wildman–Crippen MR) is 93.3 cm³/mol. The van der Waals surface area contributed by atoms with Crippen molar-refractivity contribution in [3.8, 4) is 11.1 Å². The van der Waals surface area contributed by atoms with Crippen molar-refractivity contribution in [2.24, 2.45) is 10.9 Å². The Balaban J connectivity index is 2.28. The third kappa shape index (κ3) is 4.49. The lowest BCUT2D eigenvalue weighted by molar-refractivity contribution is -0.138. The van der Waals surface area contributed by atoms with Crippen LogP contribution >= 0.6 is 0 Å². The second-order valence-electron chi connectivity index (χ2n) is 5.46. The first-order valence-corrected chi connectivity index (χ1v) is 8.87. The zero-order valence-electron chi connectivity index (χ0n) is 13.7. The molecule has 1 heterocycles. The Labute approximate surface area is 153 Å². The Hall–Kier alpha value is -3.22. The van der Waals surface area contributed by atoms with E-state index in [9.17, 15) is 27.9 Å². The van der Waals surface area contributed by atoms with Crippen LogP contribution in [0.15, 0.2) is 36.5 Å². The summed E-state index contributed by atoms with van der Waals surface area (Å²) in [5, 5.41) is 25.3. The van der Waals surface area contributed by atoms with Crippen LogP contribution < -0.4 is 16.2 Å². The molecule has 0 spiro atoms. The molecule has 1 aromatic heterocycles. The number of aliphatic carboxylic acids is 1. The Morgan fingerprint density at radius 2 is 1.70 bits per heavy atom. The number of amides is 1. The number of carbonyl (C=O) groups excluding carboxylic acids is 1. The van der Waals surface area contributed by atoms with Gasteiger partial charge < -0.3 is 21.3 Å². The van der Waals surface area contributed by atoms with Gasteiger partial charge in [0.25, 0.3) is 5.91 Å². The zero-order valence-corrected chi connectivity index (χ0v) is 14.5. The van der Waals surface area contributed by atoms with E-state index in [2.05, 4.69) is 5.32 Å². The Morgan fingerprint density at radius 3 is 2.19 bits per heavy atom. The lowest BCUT2D eigenvalue weighted by Gasteiger charge is -2.09. The number of hydrogen-bond acceptors (Lipinski definition) is 6. The molecule has 0 aliphatic heterocycles. The summed E-state index contributed by atoms with van der Waals surface area (Å²) in [5.74, 6) is -3.32. The van der Waals surface area contributed by atoms with Crippen molar-refractivity contribution in [2.75, 3.05) is 6.54 Å². The molecule has 0 aliphatic rings. The molecule has 0 unspecified atom stereocenters. The Morgan fingerprint density at radius 1 is 1.11 bits per heavy atom. The van der Waals surface area contributed by atoms with Crippen molar-refractivity contribution in [1.82, 2.24) is 9.29 Å². The van der Waals surface area contributed by atoms with E-state index in [0.717, 1.165) is 6.20 Å². The monoisotopic (exact) mass is 396 g/mol.